The molecular weight excluding hydrogens is 434 g/mol. The van der Waals surface area contributed by atoms with Gasteiger partial charge in [-0.2, -0.15) is 4.31 Å². The molecule has 7 nitrogen and oxygen atoms in total. The second kappa shape index (κ2) is 7.74. The first kappa shape index (κ1) is 20.2. The molecule has 2 atom stereocenters. The van der Waals surface area contributed by atoms with E-state index < -0.39 is 10.0 Å². The minimum Gasteiger partial charge on any atom is -0.321 e. The number of pyridine rings is 1. The van der Waals surface area contributed by atoms with Gasteiger partial charge in [0.25, 0.3) is 11.5 Å². The predicted molar refractivity (Wildman–Crippen MR) is 119 cm³/mol. The highest BCUT2D eigenvalue weighted by Gasteiger charge is 2.39. The molecule has 4 heterocycles. The summed E-state index contributed by atoms with van der Waals surface area (Å²) in [5, 5.41) is 4.61. The zero-order chi connectivity index (χ0) is 21.6. The first-order valence-electron chi connectivity index (χ1n) is 10.1. The molecule has 1 fully saturated rings. The van der Waals surface area contributed by atoms with Crippen molar-refractivity contribution < 1.29 is 13.2 Å². The third-order valence-corrected chi connectivity index (χ3v) is 8.66. The van der Waals surface area contributed by atoms with Gasteiger partial charge in [-0.15, -0.1) is 11.3 Å². The van der Waals surface area contributed by atoms with E-state index in [2.05, 4.69) is 5.32 Å². The number of anilines is 1. The SMILES string of the molecule is O=C(Nc1ccc(S(=O)(=O)N2C[C@@H]3C[C@H](C2)c2cccc(=O)n2C3)cc1)c1cccs1. The molecule has 31 heavy (non-hydrogen) atoms. The maximum Gasteiger partial charge on any atom is 0.265 e. The van der Waals surface area contributed by atoms with E-state index in [1.165, 1.54) is 27.8 Å². The molecule has 1 aromatic carbocycles. The molecule has 2 bridgehead atoms. The number of thiophene rings is 1. The molecule has 1 saturated heterocycles. The monoisotopic (exact) mass is 455 g/mol. The summed E-state index contributed by atoms with van der Waals surface area (Å²) < 4.78 is 29.9. The van der Waals surface area contributed by atoms with Crippen LogP contribution in [0, 0.1) is 5.92 Å². The highest BCUT2D eigenvalue weighted by Crippen LogP contribution is 2.37. The van der Waals surface area contributed by atoms with Crippen molar-refractivity contribution in [2.24, 2.45) is 5.92 Å². The van der Waals surface area contributed by atoms with Gasteiger partial charge >= 0.3 is 0 Å². The summed E-state index contributed by atoms with van der Waals surface area (Å²) in [6.45, 7) is 1.31. The summed E-state index contributed by atoms with van der Waals surface area (Å²) >= 11 is 1.34. The maximum absolute atomic E-state index is 13.3. The number of rotatable bonds is 4. The van der Waals surface area contributed by atoms with Gasteiger partial charge in [0.05, 0.1) is 9.77 Å². The van der Waals surface area contributed by atoms with Crippen molar-refractivity contribution in [1.29, 1.82) is 0 Å². The lowest BCUT2D eigenvalue weighted by Gasteiger charge is -2.42. The normalized spacial score (nSPS) is 20.8. The van der Waals surface area contributed by atoms with Gasteiger partial charge in [0.1, 0.15) is 0 Å². The Kier molecular flexibility index (Phi) is 5.04. The number of carbonyl (C=O) groups is 1. The standard InChI is InChI=1S/C22H21N3O4S2/c26-21-5-1-3-19-16-11-15(13-25(19)21)12-24(14-16)31(28,29)18-8-6-17(7-9-18)23-22(27)20-4-2-10-30-20/h1-10,15-16H,11-14H2,(H,23,27)/t15-,16+/m0/s1. The fourth-order valence-corrected chi connectivity index (χ4v) is 6.69. The number of hydrogen-bond acceptors (Lipinski definition) is 5. The molecule has 0 aliphatic carbocycles. The summed E-state index contributed by atoms with van der Waals surface area (Å²) in [4.78, 5) is 25.2. The van der Waals surface area contributed by atoms with Crippen LogP contribution in [-0.4, -0.2) is 36.3 Å². The number of piperidine rings is 1. The van der Waals surface area contributed by atoms with Gasteiger partial charge in [-0.25, -0.2) is 8.42 Å². The van der Waals surface area contributed by atoms with E-state index in [0.717, 1.165) is 12.1 Å². The summed E-state index contributed by atoms with van der Waals surface area (Å²) in [5.74, 6) is -0.0885. The largest absolute Gasteiger partial charge is 0.321 e. The molecular formula is C22H21N3O4S2. The predicted octanol–water partition coefficient (Wildman–Crippen LogP) is 2.97. The number of aromatic nitrogens is 1. The van der Waals surface area contributed by atoms with Crippen LogP contribution in [0.3, 0.4) is 0 Å². The molecule has 3 aromatic rings. The number of amides is 1. The number of sulfonamides is 1. The van der Waals surface area contributed by atoms with E-state index in [-0.39, 0.29) is 28.2 Å². The molecule has 0 saturated carbocycles. The van der Waals surface area contributed by atoms with Crippen LogP contribution in [-0.2, 0) is 16.6 Å². The molecule has 5 rings (SSSR count). The van der Waals surface area contributed by atoms with Crippen LogP contribution < -0.4 is 10.9 Å². The van der Waals surface area contributed by atoms with Gasteiger partial charge in [-0.1, -0.05) is 12.1 Å². The molecule has 2 aromatic heterocycles. The minimum atomic E-state index is -3.67. The van der Waals surface area contributed by atoms with Crippen LogP contribution in [0.25, 0.3) is 0 Å². The second-order valence-corrected chi connectivity index (χ2v) is 10.9. The smallest absolute Gasteiger partial charge is 0.265 e. The van der Waals surface area contributed by atoms with Gasteiger partial charge in [0.15, 0.2) is 0 Å². The highest BCUT2D eigenvalue weighted by molar-refractivity contribution is 7.89. The number of carbonyl (C=O) groups excluding carboxylic acids is 1. The fourth-order valence-electron chi connectivity index (χ4n) is 4.51. The summed E-state index contributed by atoms with van der Waals surface area (Å²) in [7, 11) is -3.67. The molecule has 0 radical (unpaired) electrons. The summed E-state index contributed by atoms with van der Waals surface area (Å²) in [5.41, 5.74) is 1.43. The van der Waals surface area contributed by atoms with Crippen molar-refractivity contribution >= 4 is 33.0 Å². The number of hydrogen-bond donors (Lipinski definition) is 1. The molecule has 1 amide bonds. The van der Waals surface area contributed by atoms with E-state index in [0.29, 0.717) is 30.2 Å². The Balaban J connectivity index is 1.35. The number of benzene rings is 1. The molecule has 2 aliphatic rings. The van der Waals surface area contributed by atoms with Gasteiger partial charge < -0.3 is 9.88 Å². The van der Waals surface area contributed by atoms with Crippen LogP contribution in [0.5, 0.6) is 0 Å². The van der Waals surface area contributed by atoms with E-state index in [1.54, 1.807) is 41.0 Å². The molecule has 2 aliphatic heterocycles. The zero-order valence-electron chi connectivity index (χ0n) is 16.6. The summed E-state index contributed by atoms with van der Waals surface area (Å²) in [6, 6.07) is 15.0. The van der Waals surface area contributed by atoms with E-state index in [1.807, 2.05) is 11.4 Å². The van der Waals surface area contributed by atoms with Crippen LogP contribution in [0.4, 0.5) is 5.69 Å². The fraction of sp³-hybridized carbons (Fsp3) is 0.273. The van der Waals surface area contributed by atoms with Gasteiger partial charge in [-0.05, 0) is 54.1 Å². The summed E-state index contributed by atoms with van der Waals surface area (Å²) in [6.07, 6.45) is 0.892. The van der Waals surface area contributed by atoms with Crippen LogP contribution in [0.15, 0.2) is 69.7 Å². The first-order valence-corrected chi connectivity index (χ1v) is 12.4. The Labute approximate surface area is 184 Å². The average Bonchev–Trinajstić information content (AvgIpc) is 3.30. The quantitative estimate of drug-likeness (QED) is 0.655. The van der Waals surface area contributed by atoms with Crippen LogP contribution in [0.2, 0.25) is 0 Å². The topological polar surface area (TPSA) is 88.5 Å². The average molecular weight is 456 g/mol. The maximum atomic E-state index is 13.3. The number of nitrogens with one attached hydrogen (secondary N) is 1. The van der Waals surface area contributed by atoms with Gasteiger partial charge in [0, 0.05) is 43.0 Å². The van der Waals surface area contributed by atoms with E-state index >= 15 is 0 Å². The Bertz CT molecular complexity index is 1280. The molecule has 1 N–H and O–H groups in total. The van der Waals surface area contributed by atoms with Crippen molar-refractivity contribution in [1.82, 2.24) is 8.87 Å². The van der Waals surface area contributed by atoms with Gasteiger partial charge in [-0.3, -0.25) is 9.59 Å². The third kappa shape index (κ3) is 3.73. The van der Waals surface area contributed by atoms with E-state index in [4.69, 9.17) is 0 Å². The molecule has 160 valence electrons. The minimum absolute atomic E-state index is 0.0144. The lowest BCUT2D eigenvalue weighted by atomic mass is 9.84. The Morgan fingerprint density at radius 2 is 1.81 bits per heavy atom. The van der Waals surface area contributed by atoms with Crippen molar-refractivity contribution in [3.63, 3.8) is 0 Å². The third-order valence-electron chi connectivity index (χ3n) is 5.94. The van der Waals surface area contributed by atoms with Crippen LogP contribution >= 0.6 is 11.3 Å². The number of nitrogens with zero attached hydrogens (tertiary/aromatic N) is 2. The first-order chi connectivity index (χ1) is 14.9. The van der Waals surface area contributed by atoms with Crippen molar-refractivity contribution in [2.45, 2.75) is 23.8 Å². The Morgan fingerprint density at radius 3 is 2.55 bits per heavy atom. The highest BCUT2D eigenvalue weighted by atomic mass is 32.2. The Hall–Kier alpha value is -2.75. The van der Waals surface area contributed by atoms with Gasteiger partial charge in [0.2, 0.25) is 10.0 Å². The molecule has 9 heteroatoms. The van der Waals surface area contributed by atoms with Crippen molar-refractivity contribution in [3.05, 3.63) is 80.9 Å². The lowest BCUT2D eigenvalue weighted by Crippen LogP contribution is -2.48. The van der Waals surface area contributed by atoms with E-state index in [9.17, 15) is 18.0 Å². The Morgan fingerprint density at radius 1 is 1.00 bits per heavy atom. The van der Waals surface area contributed by atoms with Crippen LogP contribution in [0.1, 0.15) is 27.7 Å². The van der Waals surface area contributed by atoms with Crippen molar-refractivity contribution in [3.8, 4) is 0 Å². The lowest BCUT2D eigenvalue weighted by molar-refractivity contribution is 0.103. The molecule has 0 unspecified atom stereocenters. The zero-order valence-corrected chi connectivity index (χ0v) is 18.2. The molecule has 0 spiro atoms. The number of fused-ring (bicyclic) bond motifs is 4. The van der Waals surface area contributed by atoms with Crippen molar-refractivity contribution in [2.75, 3.05) is 18.4 Å². The second-order valence-electron chi connectivity index (χ2n) is 7.98.